The first-order valence-electron chi connectivity index (χ1n) is 6.80. The summed E-state index contributed by atoms with van der Waals surface area (Å²) < 4.78 is 10.8. The van der Waals surface area contributed by atoms with Crippen molar-refractivity contribution < 1.29 is 9.47 Å². The van der Waals surface area contributed by atoms with Gasteiger partial charge in [0.2, 0.25) is 0 Å². The Labute approximate surface area is 124 Å². The summed E-state index contributed by atoms with van der Waals surface area (Å²) >= 11 is 0. The molecule has 2 aromatic rings. The van der Waals surface area contributed by atoms with E-state index < -0.39 is 0 Å². The van der Waals surface area contributed by atoms with E-state index in [4.69, 9.17) is 14.7 Å². The Balaban J connectivity index is 2.09. The van der Waals surface area contributed by atoms with Crippen LogP contribution in [0, 0.1) is 11.3 Å². The molecular formula is C17H18N2O2. The van der Waals surface area contributed by atoms with Crippen LogP contribution in [0.2, 0.25) is 0 Å². The molecule has 0 aliphatic carbocycles. The number of hydrogen-bond donors (Lipinski definition) is 1. The summed E-state index contributed by atoms with van der Waals surface area (Å²) in [5.41, 5.74) is 2.67. The van der Waals surface area contributed by atoms with E-state index in [2.05, 4.69) is 11.4 Å². The van der Waals surface area contributed by atoms with Gasteiger partial charge < -0.3 is 14.8 Å². The predicted molar refractivity (Wildman–Crippen MR) is 82.6 cm³/mol. The molecule has 0 radical (unpaired) electrons. The average molecular weight is 282 g/mol. The minimum Gasteiger partial charge on any atom is -0.493 e. The summed E-state index contributed by atoms with van der Waals surface area (Å²) in [6, 6.07) is 15.4. The van der Waals surface area contributed by atoms with Gasteiger partial charge in [-0.2, -0.15) is 5.26 Å². The van der Waals surface area contributed by atoms with Gasteiger partial charge in [-0.25, -0.2) is 0 Å². The van der Waals surface area contributed by atoms with Crippen LogP contribution < -0.4 is 14.8 Å². The molecule has 108 valence electrons. The third-order valence-electron chi connectivity index (χ3n) is 3.02. The summed E-state index contributed by atoms with van der Waals surface area (Å²) in [7, 11) is 1.62. The molecule has 0 aromatic heterocycles. The maximum absolute atomic E-state index is 8.90. The highest BCUT2D eigenvalue weighted by molar-refractivity contribution is 5.55. The molecule has 0 fully saturated rings. The van der Waals surface area contributed by atoms with E-state index in [1.54, 1.807) is 13.2 Å². The molecule has 0 saturated carbocycles. The fourth-order valence-electron chi connectivity index (χ4n) is 2.01. The quantitative estimate of drug-likeness (QED) is 0.880. The number of nitrogens with one attached hydrogen (secondary N) is 1. The van der Waals surface area contributed by atoms with Crippen LogP contribution in [0.25, 0.3) is 0 Å². The maximum atomic E-state index is 8.90. The summed E-state index contributed by atoms with van der Waals surface area (Å²) in [6.07, 6.45) is 0. The van der Waals surface area contributed by atoms with Crippen LogP contribution in [0.4, 0.5) is 5.69 Å². The van der Waals surface area contributed by atoms with Crippen molar-refractivity contribution in [1.82, 2.24) is 0 Å². The zero-order chi connectivity index (χ0) is 15.1. The van der Waals surface area contributed by atoms with E-state index >= 15 is 0 Å². The standard InChI is InChI=1S/C17H18N2O2/c1-3-21-17-10-15(7-8-16(17)20-2)19-12-14-6-4-5-13(9-14)11-18/h4-10,19H,3,12H2,1-2H3. The minimum absolute atomic E-state index is 0.587. The van der Waals surface area contributed by atoms with Gasteiger partial charge in [-0.15, -0.1) is 0 Å². The molecule has 0 saturated heterocycles. The van der Waals surface area contributed by atoms with Crippen molar-refractivity contribution in [2.75, 3.05) is 19.0 Å². The van der Waals surface area contributed by atoms with Crippen LogP contribution in [0.1, 0.15) is 18.1 Å². The van der Waals surface area contributed by atoms with Gasteiger partial charge in [0, 0.05) is 18.3 Å². The maximum Gasteiger partial charge on any atom is 0.163 e. The van der Waals surface area contributed by atoms with E-state index in [0.717, 1.165) is 17.0 Å². The van der Waals surface area contributed by atoms with Gasteiger partial charge in [-0.1, -0.05) is 12.1 Å². The largest absolute Gasteiger partial charge is 0.493 e. The summed E-state index contributed by atoms with van der Waals surface area (Å²) in [5.74, 6) is 1.43. The lowest BCUT2D eigenvalue weighted by molar-refractivity contribution is 0.311. The molecule has 0 aliphatic heterocycles. The van der Waals surface area contributed by atoms with Gasteiger partial charge in [-0.3, -0.25) is 0 Å². The second kappa shape index (κ2) is 7.20. The Kier molecular flexibility index (Phi) is 5.05. The molecule has 1 N–H and O–H groups in total. The number of anilines is 1. The average Bonchev–Trinajstić information content (AvgIpc) is 2.53. The first kappa shape index (κ1) is 14.7. The number of methoxy groups -OCH3 is 1. The van der Waals surface area contributed by atoms with Crippen molar-refractivity contribution in [3.8, 4) is 17.6 Å². The van der Waals surface area contributed by atoms with Crippen LogP contribution in [0.5, 0.6) is 11.5 Å². The van der Waals surface area contributed by atoms with Crippen molar-refractivity contribution in [2.24, 2.45) is 0 Å². The highest BCUT2D eigenvalue weighted by atomic mass is 16.5. The summed E-state index contributed by atoms with van der Waals surface area (Å²) in [5, 5.41) is 12.2. The van der Waals surface area contributed by atoms with Crippen LogP contribution in [-0.2, 0) is 6.54 Å². The lowest BCUT2D eigenvalue weighted by Gasteiger charge is -2.12. The molecule has 4 nitrogen and oxygen atoms in total. The van der Waals surface area contributed by atoms with Gasteiger partial charge in [0.25, 0.3) is 0 Å². The number of benzene rings is 2. The van der Waals surface area contributed by atoms with Gasteiger partial charge >= 0.3 is 0 Å². The Hall–Kier alpha value is -2.67. The molecule has 0 unspecified atom stereocenters. The lowest BCUT2D eigenvalue weighted by atomic mass is 10.1. The van der Waals surface area contributed by atoms with E-state index in [9.17, 15) is 0 Å². The molecule has 2 rings (SSSR count). The predicted octanol–water partition coefficient (Wildman–Crippen LogP) is 3.58. The Morgan fingerprint density at radius 3 is 2.71 bits per heavy atom. The van der Waals surface area contributed by atoms with Crippen molar-refractivity contribution in [3.63, 3.8) is 0 Å². The zero-order valence-corrected chi connectivity index (χ0v) is 12.2. The molecular weight excluding hydrogens is 264 g/mol. The van der Waals surface area contributed by atoms with Gasteiger partial charge in [0.05, 0.1) is 25.3 Å². The van der Waals surface area contributed by atoms with E-state index in [1.165, 1.54) is 0 Å². The highest BCUT2D eigenvalue weighted by Crippen LogP contribution is 2.30. The number of nitrogens with zero attached hydrogens (tertiary/aromatic N) is 1. The molecule has 2 aromatic carbocycles. The fraction of sp³-hybridized carbons (Fsp3) is 0.235. The molecule has 4 heteroatoms. The van der Waals surface area contributed by atoms with Crippen LogP contribution in [-0.4, -0.2) is 13.7 Å². The summed E-state index contributed by atoms with van der Waals surface area (Å²) in [6.45, 7) is 3.17. The molecule has 0 bridgehead atoms. The smallest absolute Gasteiger partial charge is 0.163 e. The lowest BCUT2D eigenvalue weighted by Crippen LogP contribution is -2.01. The Morgan fingerprint density at radius 2 is 2.00 bits per heavy atom. The number of rotatable bonds is 6. The summed E-state index contributed by atoms with van der Waals surface area (Å²) in [4.78, 5) is 0. The van der Waals surface area contributed by atoms with Crippen LogP contribution in [0.3, 0.4) is 0 Å². The van der Waals surface area contributed by atoms with E-state index in [-0.39, 0.29) is 0 Å². The van der Waals surface area contributed by atoms with Crippen molar-refractivity contribution in [3.05, 3.63) is 53.6 Å². The zero-order valence-electron chi connectivity index (χ0n) is 12.2. The highest BCUT2D eigenvalue weighted by Gasteiger charge is 2.05. The molecule has 0 spiro atoms. The number of ether oxygens (including phenoxy) is 2. The SMILES string of the molecule is CCOc1cc(NCc2cccc(C#N)c2)ccc1OC. The minimum atomic E-state index is 0.587. The Morgan fingerprint density at radius 1 is 1.14 bits per heavy atom. The second-order valence-corrected chi connectivity index (χ2v) is 4.46. The van der Waals surface area contributed by atoms with Crippen molar-refractivity contribution in [2.45, 2.75) is 13.5 Å². The first-order valence-corrected chi connectivity index (χ1v) is 6.80. The van der Waals surface area contributed by atoms with Gasteiger partial charge in [0.15, 0.2) is 11.5 Å². The van der Waals surface area contributed by atoms with Crippen molar-refractivity contribution in [1.29, 1.82) is 5.26 Å². The van der Waals surface area contributed by atoms with E-state index in [1.807, 2.05) is 43.3 Å². The normalized spacial score (nSPS) is 9.76. The molecule has 0 aliphatic rings. The third kappa shape index (κ3) is 3.90. The van der Waals surface area contributed by atoms with E-state index in [0.29, 0.717) is 24.5 Å². The molecule has 21 heavy (non-hydrogen) atoms. The number of hydrogen-bond acceptors (Lipinski definition) is 4. The first-order chi connectivity index (χ1) is 10.3. The van der Waals surface area contributed by atoms with Crippen LogP contribution >= 0.6 is 0 Å². The molecule has 0 atom stereocenters. The second-order valence-electron chi connectivity index (χ2n) is 4.46. The Bertz CT molecular complexity index is 647. The third-order valence-corrected chi connectivity index (χ3v) is 3.02. The monoisotopic (exact) mass is 282 g/mol. The number of nitriles is 1. The van der Waals surface area contributed by atoms with Crippen molar-refractivity contribution >= 4 is 5.69 Å². The van der Waals surface area contributed by atoms with Gasteiger partial charge in [-0.05, 0) is 36.8 Å². The van der Waals surface area contributed by atoms with Crippen LogP contribution in [0.15, 0.2) is 42.5 Å². The molecule has 0 heterocycles. The van der Waals surface area contributed by atoms with Gasteiger partial charge in [0.1, 0.15) is 0 Å². The topological polar surface area (TPSA) is 54.3 Å². The molecule has 0 amide bonds. The fourth-order valence-corrected chi connectivity index (χ4v) is 2.01.